The zero-order valence-electron chi connectivity index (χ0n) is 27.2. The summed E-state index contributed by atoms with van der Waals surface area (Å²) in [7, 11) is 0. The van der Waals surface area contributed by atoms with Gasteiger partial charge in [-0.25, -0.2) is 9.98 Å². The summed E-state index contributed by atoms with van der Waals surface area (Å²) in [6.07, 6.45) is -0.300. The van der Waals surface area contributed by atoms with E-state index in [0.29, 0.717) is 5.84 Å². The van der Waals surface area contributed by atoms with E-state index in [2.05, 4.69) is 113 Å². The molecule has 0 fully saturated rings. The lowest BCUT2D eigenvalue weighted by molar-refractivity contribution is 0.654. The van der Waals surface area contributed by atoms with Crippen molar-refractivity contribution in [3.8, 4) is 5.69 Å². The van der Waals surface area contributed by atoms with Crippen molar-refractivity contribution in [1.29, 1.82) is 0 Å². The Morgan fingerprint density at radius 2 is 1.20 bits per heavy atom. The fourth-order valence-corrected chi connectivity index (χ4v) is 7.77. The molecule has 0 saturated carbocycles. The van der Waals surface area contributed by atoms with E-state index < -0.39 is 0 Å². The molecule has 0 bridgehead atoms. The van der Waals surface area contributed by atoms with E-state index in [9.17, 15) is 0 Å². The number of rotatable bonds is 4. The van der Waals surface area contributed by atoms with Crippen LogP contribution in [0.5, 0.6) is 0 Å². The average molecular weight is 657 g/mol. The summed E-state index contributed by atoms with van der Waals surface area (Å²) in [6.45, 7) is 0. The van der Waals surface area contributed by atoms with Crippen molar-refractivity contribution in [1.82, 2.24) is 9.88 Å². The van der Waals surface area contributed by atoms with Crippen molar-refractivity contribution in [2.24, 2.45) is 9.98 Å². The molecule has 1 atom stereocenters. The van der Waals surface area contributed by atoms with Crippen LogP contribution in [0.3, 0.4) is 0 Å². The molecule has 1 aliphatic rings. The lowest BCUT2D eigenvalue weighted by atomic mass is 10.0. The predicted molar refractivity (Wildman–Crippen MR) is 207 cm³/mol. The molecule has 4 heterocycles. The third-order valence-corrected chi connectivity index (χ3v) is 10.1. The zero-order valence-corrected chi connectivity index (χ0v) is 27.2. The number of fused-ring (bicyclic) bond motifs is 9. The standard InChI is InChI=1S/C45H28N4O2/c1-3-13-27(14-4-1)43-46-44(28-15-5-2-6-16-28)48-45(47-43)32-20-12-24-38-41(32)34-25-33-31-19-11-23-37(42(31)51-39(33)26-40(34)50-38)49-35-21-9-7-17-29(35)30-18-8-10-22-36(30)49/h1-26,43H,(H,46,47,48). The minimum absolute atomic E-state index is 0.300. The molecule has 0 aliphatic carbocycles. The molecule has 0 spiro atoms. The summed E-state index contributed by atoms with van der Waals surface area (Å²) in [4.78, 5) is 10.2. The first-order valence-corrected chi connectivity index (χ1v) is 17.1. The molecule has 10 aromatic rings. The first-order chi connectivity index (χ1) is 25.3. The number of aromatic nitrogens is 1. The maximum atomic E-state index is 6.75. The molecule has 6 nitrogen and oxygen atoms in total. The van der Waals surface area contributed by atoms with Crippen molar-refractivity contribution >= 4 is 77.4 Å². The lowest BCUT2D eigenvalue weighted by Crippen LogP contribution is -2.33. The van der Waals surface area contributed by atoms with Gasteiger partial charge in [-0.05, 0) is 35.9 Å². The number of benzene rings is 7. The third kappa shape index (κ3) is 4.23. The van der Waals surface area contributed by atoms with Crippen LogP contribution in [-0.4, -0.2) is 16.2 Å². The number of amidine groups is 2. The molecule has 240 valence electrons. The number of nitrogens with one attached hydrogen (secondary N) is 1. The van der Waals surface area contributed by atoms with Crippen LogP contribution in [0.1, 0.15) is 22.9 Å². The van der Waals surface area contributed by atoms with E-state index in [1.807, 2.05) is 54.6 Å². The van der Waals surface area contributed by atoms with Crippen molar-refractivity contribution in [3.05, 3.63) is 174 Å². The van der Waals surface area contributed by atoms with Gasteiger partial charge >= 0.3 is 0 Å². The first kappa shape index (κ1) is 28.0. The lowest BCUT2D eigenvalue weighted by Gasteiger charge is -2.24. The number of aliphatic imine (C=N–C) groups is 2. The van der Waals surface area contributed by atoms with Gasteiger partial charge in [-0.2, -0.15) is 0 Å². The van der Waals surface area contributed by atoms with E-state index in [-0.39, 0.29) is 6.17 Å². The van der Waals surface area contributed by atoms with E-state index in [0.717, 1.165) is 83.1 Å². The highest BCUT2D eigenvalue weighted by atomic mass is 16.3. The average Bonchev–Trinajstić information content (AvgIpc) is 3.86. The van der Waals surface area contributed by atoms with Crippen LogP contribution in [0.2, 0.25) is 0 Å². The van der Waals surface area contributed by atoms with Crippen molar-refractivity contribution < 1.29 is 8.83 Å². The number of hydrogen-bond donors (Lipinski definition) is 1. The largest absolute Gasteiger partial charge is 0.456 e. The zero-order chi connectivity index (χ0) is 33.5. The maximum Gasteiger partial charge on any atom is 0.159 e. The highest BCUT2D eigenvalue weighted by Gasteiger charge is 2.25. The Hall–Kier alpha value is -6.92. The quantitative estimate of drug-likeness (QED) is 0.205. The summed E-state index contributed by atoms with van der Waals surface area (Å²) in [6, 6.07) is 54.3. The Labute approximate surface area is 291 Å². The van der Waals surface area contributed by atoms with Gasteiger partial charge in [-0.3, -0.25) is 0 Å². The smallest absolute Gasteiger partial charge is 0.159 e. The van der Waals surface area contributed by atoms with Crippen molar-refractivity contribution in [2.75, 3.05) is 0 Å². The second-order valence-electron chi connectivity index (χ2n) is 13.0. The summed E-state index contributed by atoms with van der Waals surface area (Å²) in [5, 5.41) is 10.2. The maximum absolute atomic E-state index is 6.75. The van der Waals surface area contributed by atoms with Gasteiger partial charge in [-0.15, -0.1) is 0 Å². The predicted octanol–water partition coefficient (Wildman–Crippen LogP) is 11.1. The van der Waals surface area contributed by atoms with Crippen molar-refractivity contribution in [3.63, 3.8) is 0 Å². The Bertz CT molecular complexity index is 3000. The molecule has 1 aliphatic heterocycles. The van der Waals surface area contributed by atoms with Crippen LogP contribution in [0.15, 0.2) is 177 Å². The molecular weight excluding hydrogens is 629 g/mol. The molecule has 51 heavy (non-hydrogen) atoms. The van der Waals surface area contributed by atoms with Crippen LogP contribution >= 0.6 is 0 Å². The van der Waals surface area contributed by atoms with Crippen LogP contribution in [0.4, 0.5) is 0 Å². The molecule has 1 N–H and O–H groups in total. The van der Waals surface area contributed by atoms with Gasteiger partial charge < -0.3 is 18.7 Å². The third-order valence-electron chi connectivity index (χ3n) is 10.1. The van der Waals surface area contributed by atoms with Gasteiger partial charge in [0.2, 0.25) is 0 Å². The molecule has 6 heteroatoms. The van der Waals surface area contributed by atoms with E-state index in [1.54, 1.807) is 0 Å². The Kier molecular flexibility index (Phi) is 5.92. The molecule has 7 aromatic carbocycles. The summed E-state index contributed by atoms with van der Waals surface area (Å²) in [5.41, 5.74) is 9.43. The molecule has 0 amide bonds. The minimum Gasteiger partial charge on any atom is -0.456 e. The minimum atomic E-state index is -0.300. The van der Waals surface area contributed by atoms with Gasteiger partial charge in [0.05, 0.1) is 16.7 Å². The SMILES string of the molecule is c1ccc(C2=NC(c3ccccc3)NC(c3cccc4oc5cc6oc7c(-n8c9ccccc9c9ccccc98)cccc7c6cc5c34)=N2)cc1. The molecule has 0 saturated heterocycles. The topological polar surface area (TPSA) is 68.0 Å². The normalized spacial score (nSPS) is 14.9. The molecule has 0 radical (unpaired) electrons. The second kappa shape index (κ2) is 10.8. The molecule has 11 rings (SSSR count). The van der Waals surface area contributed by atoms with E-state index in [4.69, 9.17) is 18.8 Å². The van der Waals surface area contributed by atoms with Crippen LogP contribution < -0.4 is 5.32 Å². The number of nitrogens with zero attached hydrogens (tertiary/aromatic N) is 3. The van der Waals surface area contributed by atoms with Crippen molar-refractivity contribution in [2.45, 2.75) is 6.17 Å². The highest BCUT2D eigenvalue weighted by molar-refractivity contribution is 6.24. The Morgan fingerprint density at radius 1 is 0.529 bits per heavy atom. The van der Waals surface area contributed by atoms with Crippen LogP contribution in [-0.2, 0) is 0 Å². The molecule has 3 aromatic heterocycles. The molecule has 1 unspecified atom stereocenters. The van der Waals surface area contributed by atoms with Gasteiger partial charge in [-0.1, -0.05) is 121 Å². The van der Waals surface area contributed by atoms with Gasteiger partial charge in [0, 0.05) is 49.5 Å². The Balaban J connectivity index is 1.12. The number of para-hydroxylation sites is 3. The summed E-state index contributed by atoms with van der Waals surface area (Å²) >= 11 is 0. The van der Waals surface area contributed by atoms with E-state index >= 15 is 0 Å². The fourth-order valence-electron chi connectivity index (χ4n) is 7.77. The van der Waals surface area contributed by atoms with Crippen LogP contribution in [0.25, 0.3) is 71.4 Å². The van der Waals surface area contributed by atoms with Gasteiger partial charge in [0.1, 0.15) is 28.8 Å². The first-order valence-electron chi connectivity index (χ1n) is 17.1. The fraction of sp³-hybridized carbons (Fsp3) is 0.0222. The summed E-state index contributed by atoms with van der Waals surface area (Å²) < 4.78 is 15.6. The van der Waals surface area contributed by atoms with Gasteiger partial charge in [0.15, 0.2) is 11.4 Å². The monoisotopic (exact) mass is 656 g/mol. The molecular formula is C45H28N4O2. The Morgan fingerprint density at radius 3 is 1.98 bits per heavy atom. The van der Waals surface area contributed by atoms with E-state index in [1.165, 1.54) is 10.8 Å². The number of hydrogen-bond acceptors (Lipinski definition) is 5. The second-order valence-corrected chi connectivity index (χ2v) is 13.0. The van der Waals surface area contributed by atoms with Gasteiger partial charge in [0.25, 0.3) is 0 Å². The highest BCUT2D eigenvalue weighted by Crippen LogP contribution is 2.41. The number of furan rings is 2. The summed E-state index contributed by atoms with van der Waals surface area (Å²) in [5.74, 6) is 1.43. The van der Waals surface area contributed by atoms with Crippen LogP contribution in [0, 0.1) is 0 Å².